The molecule has 1 aromatic heterocycles. The highest BCUT2D eigenvalue weighted by molar-refractivity contribution is 5.97. The van der Waals surface area contributed by atoms with Crippen molar-refractivity contribution in [1.82, 2.24) is 4.98 Å². The Morgan fingerprint density at radius 2 is 2.42 bits per heavy atom. The number of ketones is 1. The maximum absolute atomic E-state index is 11.0. The first-order valence-electron chi connectivity index (χ1n) is 3.51. The van der Waals surface area contributed by atoms with Gasteiger partial charge in [0.15, 0.2) is 5.78 Å². The van der Waals surface area contributed by atoms with Gasteiger partial charge in [-0.15, -0.1) is 0 Å². The second kappa shape index (κ2) is 3.82. The molecule has 0 radical (unpaired) electrons. The van der Waals surface area contributed by atoms with Gasteiger partial charge in [0.25, 0.3) is 0 Å². The molecule has 0 aromatic carbocycles. The van der Waals surface area contributed by atoms with Crippen LogP contribution in [0, 0.1) is 0 Å². The number of aromatic nitrogens is 1. The number of carbonyl (C=O) groups excluding carboxylic acids is 1. The first-order valence-corrected chi connectivity index (χ1v) is 3.51. The van der Waals surface area contributed by atoms with Gasteiger partial charge >= 0.3 is 0 Å². The molecule has 12 heavy (non-hydrogen) atoms. The van der Waals surface area contributed by atoms with Crippen molar-refractivity contribution in [1.29, 1.82) is 0 Å². The molecule has 0 fully saturated rings. The molecule has 1 heterocycles. The predicted octanol–water partition coefficient (Wildman–Crippen LogP) is 0.232. The van der Waals surface area contributed by atoms with Crippen molar-refractivity contribution < 1.29 is 9.53 Å². The molecule has 0 aliphatic heterocycles. The van der Waals surface area contributed by atoms with Gasteiger partial charge in [0, 0.05) is 17.8 Å². The molecule has 0 amide bonds. The maximum atomic E-state index is 11.0. The van der Waals surface area contributed by atoms with E-state index in [9.17, 15) is 4.79 Å². The summed E-state index contributed by atoms with van der Waals surface area (Å²) in [5.74, 6) is 0.369. The highest BCUT2D eigenvalue weighted by atomic mass is 16.5. The van der Waals surface area contributed by atoms with Crippen molar-refractivity contribution in [3.05, 3.63) is 23.9 Å². The predicted molar refractivity (Wildman–Crippen MR) is 44.2 cm³/mol. The number of nitrogens with two attached hydrogens (primary N) is 1. The second-order valence-corrected chi connectivity index (χ2v) is 2.22. The number of methoxy groups -OCH3 is 1. The Hall–Kier alpha value is -1.42. The molecule has 2 N–H and O–H groups in total. The quantitative estimate of drug-likeness (QED) is 0.653. The number of hydrogen-bond acceptors (Lipinski definition) is 4. The molecule has 4 nitrogen and oxygen atoms in total. The lowest BCUT2D eigenvalue weighted by Crippen LogP contribution is -2.13. The van der Waals surface area contributed by atoms with Crippen LogP contribution in [0.15, 0.2) is 18.3 Å². The number of rotatable bonds is 3. The standard InChI is InChI=1S/C8H10N2O2/c1-12-8-3-2-6(5-10-8)7(11)4-9/h2-3,5H,4,9H2,1H3. The van der Waals surface area contributed by atoms with Gasteiger partial charge in [-0.05, 0) is 6.07 Å². The number of pyridine rings is 1. The van der Waals surface area contributed by atoms with Gasteiger partial charge in [0.2, 0.25) is 5.88 Å². The van der Waals surface area contributed by atoms with Crippen LogP contribution >= 0.6 is 0 Å². The van der Waals surface area contributed by atoms with Crippen molar-refractivity contribution >= 4 is 5.78 Å². The van der Waals surface area contributed by atoms with E-state index in [-0.39, 0.29) is 12.3 Å². The van der Waals surface area contributed by atoms with Crippen molar-refractivity contribution in [2.24, 2.45) is 5.73 Å². The molecule has 0 bridgehead atoms. The van der Waals surface area contributed by atoms with Crippen molar-refractivity contribution in [3.63, 3.8) is 0 Å². The highest BCUT2D eigenvalue weighted by Crippen LogP contribution is 2.06. The minimum absolute atomic E-state index is 0.00795. The van der Waals surface area contributed by atoms with Gasteiger partial charge in [0.05, 0.1) is 13.7 Å². The highest BCUT2D eigenvalue weighted by Gasteiger charge is 2.02. The van der Waals surface area contributed by atoms with Crippen LogP contribution in [0.1, 0.15) is 10.4 Å². The molecular formula is C8H10N2O2. The fourth-order valence-corrected chi connectivity index (χ4v) is 0.784. The fraction of sp³-hybridized carbons (Fsp3) is 0.250. The van der Waals surface area contributed by atoms with Gasteiger partial charge in [-0.2, -0.15) is 0 Å². The van der Waals surface area contributed by atoms with E-state index in [2.05, 4.69) is 4.98 Å². The van der Waals surface area contributed by atoms with Gasteiger partial charge in [-0.3, -0.25) is 4.79 Å². The maximum Gasteiger partial charge on any atom is 0.212 e. The third-order valence-corrected chi connectivity index (χ3v) is 1.45. The van der Waals surface area contributed by atoms with Gasteiger partial charge < -0.3 is 10.5 Å². The summed E-state index contributed by atoms with van der Waals surface area (Å²) in [5, 5.41) is 0. The molecule has 1 rings (SSSR count). The molecule has 64 valence electrons. The lowest BCUT2D eigenvalue weighted by atomic mass is 10.2. The van der Waals surface area contributed by atoms with Crippen molar-refractivity contribution in [2.45, 2.75) is 0 Å². The summed E-state index contributed by atoms with van der Waals surface area (Å²) in [5.41, 5.74) is 5.68. The number of nitrogens with zero attached hydrogens (tertiary/aromatic N) is 1. The summed E-state index contributed by atoms with van der Waals surface area (Å²) in [6.45, 7) is 0.00795. The lowest BCUT2D eigenvalue weighted by molar-refractivity contribution is 0.100. The monoisotopic (exact) mass is 166 g/mol. The van der Waals surface area contributed by atoms with E-state index in [1.807, 2.05) is 0 Å². The van der Waals surface area contributed by atoms with Crippen molar-refractivity contribution in [2.75, 3.05) is 13.7 Å². The Morgan fingerprint density at radius 1 is 1.67 bits per heavy atom. The first-order chi connectivity index (χ1) is 5.77. The number of hydrogen-bond donors (Lipinski definition) is 1. The Balaban J connectivity index is 2.84. The molecule has 0 atom stereocenters. The third kappa shape index (κ3) is 1.79. The van der Waals surface area contributed by atoms with Gasteiger partial charge in [-0.25, -0.2) is 4.98 Å². The van der Waals surface area contributed by atoms with E-state index >= 15 is 0 Å². The molecule has 0 unspecified atom stereocenters. The molecule has 1 aromatic rings. The van der Waals surface area contributed by atoms with Gasteiger partial charge in [-0.1, -0.05) is 0 Å². The molecule has 0 saturated carbocycles. The SMILES string of the molecule is COc1ccc(C(=O)CN)cn1. The van der Waals surface area contributed by atoms with Crippen LogP contribution in [0.2, 0.25) is 0 Å². The lowest BCUT2D eigenvalue weighted by Gasteiger charge is -1.99. The minimum Gasteiger partial charge on any atom is -0.481 e. The van der Waals surface area contributed by atoms with Crippen LogP contribution in [0.5, 0.6) is 5.88 Å². The number of ether oxygens (including phenoxy) is 1. The Morgan fingerprint density at radius 3 is 2.83 bits per heavy atom. The first kappa shape index (κ1) is 8.67. The number of carbonyl (C=O) groups is 1. The normalized spacial score (nSPS) is 9.50. The zero-order chi connectivity index (χ0) is 8.97. The minimum atomic E-state index is -0.120. The summed E-state index contributed by atoms with van der Waals surface area (Å²) in [7, 11) is 1.52. The molecule has 0 spiro atoms. The van der Waals surface area contributed by atoms with E-state index in [1.54, 1.807) is 12.1 Å². The zero-order valence-electron chi connectivity index (χ0n) is 6.78. The van der Waals surface area contributed by atoms with Crippen LogP contribution < -0.4 is 10.5 Å². The van der Waals surface area contributed by atoms with E-state index in [1.165, 1.54) is 13.3 Å². The largest absolute Gasteiger partial charge is 0.481 e. The second-order valence-electron chi connectivity index (χ2n) is 2.22. The Labute approximate surface area is 70.4 Å². The zero-order valence-corrected chi connectivity index (χ0v) is 6.78. The summed E-state index contributed by atoms with van der Waals surface area (Å²) < 4.78 is 4.83. The van der Waals surface area contributed by atoms with Crippen LogP contribution in [-0.2, 0) is 0 Å². The van der Waals surface area contributed by atoms with Crippen LogP contribution in [0.4, 0.5) is 0 Å². The topological polar surface area (TPSA) is 65.2 Å². The van der Waals surface area contributed by atoms with E-state index in [0.717, 1.165) is 0 Å². The average molecular weight is 166 g/mol. The molecule has 0 aliphatic rings. The Bertz CT molecular complexity index is 269. The van der Waals surface area contributed by atoms with Gasteiger partial charge in [0.1, 0.15) is 0 Å². The fourth-order valence-electron chi connectivity index (χ4n) is 0.784. The van der Waals surface area contributed by atoms with Crippen LogP contribution in [0.25, 0.3) is 0 Å². The van der Waals surface area contributed by atoms with Crippen LogP contribution in [0.3, 0.4) is 0 Å². The smallest absolute Gasteiger partial charge is 0.212 e. The summed E-state index contributed by atoms with van der Waals surface area (Å²) in [6, 6.07) is 3.27. The summed E-state index contributed by atoms with van der Waals surface area (Å²) in [4.78, 5) is 14.9. The van der Waals surface area contributed by atoms with Crippen molar-refractivity contribution in [3.8, 4) is 5.88 Å². The van der Waals surface area contributed by atoms with E-state index in [4.69, 9.17) is 10.5 Å². The molecule has 0 aliphatic carbocycles. The van der Waals surface area contributed by atoms with E-state index < -0.39 is 0 Å². The van der Waals surface area contributed by atoms with Crippen LogP contribution in [-0.4, -0.2) is 24.4 Å². The third-order valence-electron chi connectivity index (χ3n) is 1.45. The molecule has 4 heteroatoms. The Kier molecular flexibility index (Phi) is 2.76. The molecular weight excluding hydrogens is 156 g/mol. The summed E-state index contributed by atoms with van der Waals surface area (Å²) in [6.07, 6.45) is 1.45. The van der Waals surface area contributed by atoms with E-state index in [0.29, 0.717) is 11.4 Å². The average Bonchev–Trinajstić information content (AvgIpc) is 2.17. The summed E-state index contributed by atoms with van der Waals surface area (Å²) >= 11 is 0. The molecule has 0 saturated heterocycles. The number of Topliss-reactive ketones (excluding diaryl/α,β-unsaturated/α-hetero) is 1.